The molecule has 3 heterocycles. The Labute approximate surface area is 84.4 Å². The van der Waals surface area contributed by atoms with E-state index in [1.54, 1.807) is 12.4 Å². The summed E-state index contributed by atoms with van der Waals surface area (Å²) in [7, 11) is 0. The Bertz CT molecular complexity index is 588. The van der Waals surface area contributed by atoms with Gasteiger partial charge in [0.2, 0.25) is 5.65 Å². The first kappa shape index (κ1) is 7.98. The van der Waals surface area contributed by atoms with E-state index in [2.05, 4.69) is 30.4 Å². The van der Waals surface area contributed by atoms with Gasteiger partial charge in [0.15, 0.2) is 5.65 Å². The summed E-state index contributed by atoms with van der Waals surface area (Å²) in [6, 6.07) is 5.62. The highest BCUT2D eigenvalue weighted by molar-refractivity contribution is 5.67. The summed E-state index contributed by atoms with van der Waals surface area (Å²) in [6.45, 7) is 0. The van der Waals surface area contributed by atoms with Crippen LogP contribution in [0.1, 0.15) is 0 Å². The number of rotatable bonds is 1. The van der Waals surface area contributed by atoms with E-state index in [-0.39, 0.29) is 0 Å². The number of fused-ring (bicyclic) bond motifs is 1. The fourth-order valence-corrected chi connectivity index (χ4v) is 1.29. The Kier molecular flexibility index (Phi) is 1.64. The van der Waals surface area contributed by atoms with Gasteiger partial charge < -0.3 is 0 Å². The second-order valence-electron chi connectivity index (χ2n) is 2.95. The zero-order valence-corrected chi connectivity index (χ0v) is 7.62. The van der Waals surface area contributed by atoms with Crippen molar-refractivity contribution in [2.45, 2.75) is 0 Å². The summed E-state index contributed by atoms with van der Waals surface area (Å²) in [5.74, 6) is 0. The Hall–Kier alpha value is -2.37. The van der Waals surface area contributed by atoms with E-state index in [9.17, 15) is 0 Å². The quantitative estimate of drug-likeness (QED) is 0.625. The molecule has 3 aromatic rings. The molecule has 6 nitrogen and oxygen atoms in total. The van der Waals surface area contributed by atoms with E-state index < -0.39 is 0 Å². The van der Waals surface area contributed by atoms with Crippen LogP contribution in [0.3, 0.4) is 0 Å². The molecule has 0 unspecified atom stereocenters. The molecule has 72 valence electrons. The van der Waals surface area contributed by atoms with Crippen LogP contribution >= 0.6 is 0 Å². The fraction of sp³-hybridized carbons (Fsp3) is 0. The summed E-state index contributed by atoms with van der Waals surface area (Å²) in [5.41, 5.74) is 2.54. The van der Waals surface area contributed by atoms with Gasteiger partial charge in [-0.3, -0.25) is 4.98 Å². The highest BCUT2D eigenvalue weighted by atomic mass is 15.4. The minimum absolute atomic E-state index is 0.498. The number of hydrogen-bond acceptors (Lipinski definition) is 5. The summed E-state index contributed by atoms with van der Waals surface area (Å²) in [5, 5.41) is 10.1. The van der Waals surface area contributed by atoms with Gasteiger partial charge in [0.1, 0.15) is 5.69 Å². The lowest BCUT2D eigenvalue weighted by atomic mass is 10.3. The molecule has 3 aromatic heterocycles. The molecule has 0 fully saturated rings. The third kappa shape index (κ3) is 1.32. The Morgan fingerprint density at radius 2 is 2.07 bits per heavy atom. The van der Waals surface area contributed by atoms with Gasteiger partial charge in [-0.25, -0.2) is 15.1 Å². The molecule has 0 aliphatic rings. The van der Waals surface area contributed by atoms with Crippen LogP contribution in [-0.4, -0.2) is 30.4 Å². The van der Waals surface area contributed by atoms with Crippen molar-refractivity contribution < 1.29 is 0 Å². The second-order valence-corrected chi connectivity index (χ2v) is 2.95. The van der Waals surface area contributed by atoms with Crippen LogP contribution < -0.4 is 0 Å². The molecular weight excluding hydrogens is 192 g/mol. The number of pyridine rings is 1. The third-order valence-corrected chi connectivity index (χ3v) is 1.98. The van der Waals surface area contributed by atoms with Crippen molar-refractivity contribution >= 4 is 11.3 Å². The summed E-state index contributed by atoms with van der Waals surface area (Å²) in [4.78, 5) is 12.6. The molecule has 0 saturated carbocycles. The van der Waals surface area contributed by atoms with Gasteiger partial charge >= 0.3 is 0 Å². The van der Waals surface area contributed by atoms with Crippen molar-refractivity contribution in [3.05, 3.63) is 30.6 Å². The average Bonchev–Trinajstić information content (AvgIpc) is 2.77. The van der Waals surface area contributed by atoms with E-state index in [4.69, 9.17) is 0 Å². The van der Waals surface area contributed by atoms with E-state index in [1.165, 1.54) is 0 Å². The Morgan fingerprint density at radius 1 is 1.07 bits per heavy atom. The first-order valence-corrected chi connectivity index (χ1v) is 4.39. The van der Waals surface area contributed by atoms with Crippen LogP contribution in [0.5, 0.6) is 0 Å². The van der Waals surface area contributed by atoms with Crippen molar-refractivity contribution in [2.75, 3.05) is 0 Å². The first-order chi connectivity index (χ1) is 7.43. The van der Waals surface area contributed by atoms with Gasteiger partial charge in [-0.15, -0.1) is 5.10 Å². The number of nitrogens with zero attached hydrogens (tertiary/aromatic N) is 5. The van der Waals surface area contributed by atoms with E-state index in [1.807, 2.05) is 18.2 Å². The minimum Gasteiger partial charge on any atom is -0.255 e. The number of aromatic amines is 1. The largest absolute Gasteiger partial charge is 0.255 e. The molecule has 0 spiro atoms. The van der Waals surface area contributed by atoms with Crippen LogP contribution in [0.4, 0.5) is 0 Å². The standard InChI is InChI=1S/C9H6N6/c1-2-4-10-6(3-1)7-5-11-8-9(12-7)14-15-13-8/h1-5H,(H,11,12,13,14,15). The maximum Gasteiger partial charge on any atom is 0.221 e. The van der Waals surface area contributed by atoms with Crippen LogP contribution in [-0.2, 0) is 0 Å². The minimum atomic E-state index is 0.498. The van der Waals surface area contributed by atoms with Gasteiger partial charge in [-0.1, -0.05) is 11.3 Å². The third-order valence-electron chi connectivity index (χ3n) is 1.98. The van der Waals surface area contributed by atoms with Gasteiger partial charge in [-0.2, -0.15) is 0 Å². The van der Waals surface area contributed by atoms with E-state index in [0.29, 0.717) is 17.0 Å². The van der Waals surface area contributed by atoms with Crippen molar-refractivity contribution in [1.29, 1.82) is 0 Å². The van der Waals surface area contributed by atoms with Crippen molar-refractivity contribution in [2.24, 2.45) is 0 Å². The molecule has 0 aliphatic heterocycles. The van der Waals surface area contributed by atoms with Crippen molar-refractivity contribution in [1.82, 2.24) is 30.4 Å². The SMILES string of the molecule is c1ccc(-c2cnc3[nH]nnc3n2)nc1. The first-order valence-electron chi connectivity index (χ1n) is 4.39. The Balaban J connectivity index is 2.19. The predicted octanol–water partition coefficient (Wildman–Crippen LogP) is 0.810. The summed E-state index contributed by atoms with van der Waals surface area (Å²) in [6.07, 6.45) is 3.36. The number of hydrogen-bond donors (Lipinski definition) is 1. The molecular formula is C9H6N6. The molecule has 15 heavy (non-hydrogen) atoms. The highest BCUT2D eigenvalue weighted by Crippen LogP contribution is 2.13. The molecule has 0 saturated heterocycles. The monoisotopic (exact) mass is 198 g/mol. The zero-order valence-electron chi connectivity index (χ0n) is 7.62. The maximum absolute atomic E-state index is 4.28. The van der Waals surface area contributed by atoms with Crippen LogP contribution in [0.2, 0.25) is 0 Å². The number of nitrogens with one attached hydrogen (secondary N) is 1. The molecule has 0 atom stereocenters. The van der Waals surface area contributed by atoms with E-state index in [0.717, 1.165) is 5.69 Å². The number of aromatic nitrogens is 6. The Morgan fingerprint density at radius 3 is 2.93 bits per heavy atom. The van der Waals surface area contributed by atoms with Gasteiger partial charge in [0.05, 0.1) is 11.9 Å². The van der Waals surface area contributed by atoms with Gasteiger partial charge in [0, 0.05) is 6.20 Å². The predicted molar refractivity (Wildman–Crippen MR) is 52.7 cm³/mol. The van der Waals surface area contributed by atoms with Gasteiger partial charge in [-0.05, 0) is 12.1 Å². The molecule has 0 bridgehead atoms. The van der Waals surface area contributed by atoms with Crippen molar-refractivity contribution in [3.63, 3.8) is 0 Å². The lowest BCUT2D eigenvalue weighted by Gasteiger charge is -1.96. The molecule has 3 rings (SSSR count). The smallest absolute Gasteiger partial charge is 0.221 e. The molecule has 1 N–H and O–H groups in total. The average molecular weight is 198 g/mol. The zero-order chi connectivity index (χ0) is 10.1. The normalized spacial score (nSPS) is 10.7. The molecule has 0 aromatic carbocycles. The summed E-state index contributed by atoms with van der Waals surface area (Å²) < 4.78 is 0. The van der Waals surface area contributed by atoms with Crippen LogP contribution in [0.15, 0.2) is 30.6 Å². The molecule has 0 aliphatic carbocycles. The van der Waals surface area contributed by atoms with Gasteiger partial charge in [0.25, 0.3) is 0 Å². The van der Waals surface area contributed by atoms with Crippen molar-refractivity contribution in [3.8, 4) is 11.4 Å². The second kappa shape index (κ2) is 3.09. The topological polar surface area (TPSA) is 80.2 Å². The van der Waals surface area contributed by atoms with Crippen LogP contribution in [0.25, 0.3) is 22.7 Å². The highest BCUT2D eigenvalue weighted by Gasteiger charge is 2.04. The van der Waals surface area contributed by atoms with E-state index >= 15 is 0 Å². The maximum atomic E-state index is 4.28. The molecule has 6 heteroatoms. The summed E-state index contributed by atoms with van der Waals surface area (Å²) >= 11 is 0. The molecule has 0 amide bonds. The lowest BCUT2D eigenvalue weighted by Crippen LogP contribution is -1.89. The molecule has 0 radical (unpaired) electrons. The van der Waals surface area contributed by atoms with Crippen LogP contribution in [0, 0.1) is 0 Å². The lowest BCUT2D eigenvalue weighted by molar-refractivity contribution is 0.951. The number of H-pyrrole nitrogens is 1. The fourth-order valence-electron chi connectivity index (χ4n) is 1.29.